The van der Waals surface area contributed by atoms with Gasteiger partial charge in [-0.05, 0) is 49.4 Å². The smallest absolute Gasteiger partial charge is 0.155 e. The van der Waals surface area contributed by atoms with E-state index in [9.17, 15) is 0 Å². The lowest BCUT2D eigenvalue weighted by Crippen LogP contribution is -1.89. The summed E-state index contributed by atoms with van der Waals surface area (Å²) in [6, 6.07) is 13.8. The average Bonchev–Trinajstić information content (AvgIpc) is 2.83. The van der Waals surface area contributed by atoms with Gasteiger partial charge >= 0.3 is 0 Å². The van der Waals surface area contributed by atoms with E-state index in [1.807, 2.05) is 49.4 Å². The molecule has 0 aliphatic heterocycles. The highest BCUT2D eigenvalue weighted by atomic mass is 35.5. The van der Waals surface area contributed by atoms with Gasteiger partial charge in [0.1, 0.15) is 5.75 Å². The lowest BCUT2D eigenvalue weighted by Gasteiger charge is -2.00. The van der Waals surface area contributed by atoms with Crippen molar-refractivity contribution in [2.75, 3.05) is 6.61 Å². The highest BCUT2D eigenvalue weighted by Crippen LogP contribution is 2.35. The summed E-state index contributed by atoms with van der Waals surface area (Å²) in [6.07, 6.45) is 0. The van der Waals surface area contributed by atoms with Gasteiger partial charge in [0, 0.05) is 9.92 Å². The first-order valence-electron chi connectivity index (χ1n) is 6.21. The largest absolute Gasteiger partial charge is 0.494 e. The van der Waals surface area contributed by atoms with Gasteiger partial charge in [-0.3, -0.25) is 0 Å². The molecular formula is C15H12ClNOS2. The van der Waals surface area contributed by atoms with Crippen molar-refractivity contribution in [1.82, 2.24) is 4.98 Å². The Kier molecular flexibility index (Phi) is 4.15. The minimum absolute atomic E-state index is 0.677. The molecule has 1 heterocycles. The molecule has 0 amide bonds. The molecule has 0 atom stereocenters. The fourth-order valence-corrected chi connectivity index (χ4v) is 3.98. The summed E-state index contributed by atoms with van der Waals surface area (Å²) < 4.78 is 7.68. The Morgan fingerprint density at radius 1 is 1.20 bits per heavy atom. The van der Waals surface area contributed by atoms with Gasteiger partial charge in [0.25, 0.3) is 0 Å². The molecule has 102 valence electrons. The number of fused-ring (bicyclic) bond motifs is 1. The monoisotopic (exact) mass is 321 g/mol. The van der Waals surface area contributed by atoms with Crippen LogP contribution in [0, 0.1) is 0 Å². The van der Waals surface area contributed by atoms with Crippen LogP contribution in [0.15, 0.2) is 51.7 Å². The summed E-state index contributed by atoms with van der Waals surface area (Å²) in [5.41, 5.74) is 1.01. The maximum atomic E-state index is 5.89. The number of thiazole rings is 1. The molecule has 1 aromatic heterocycles. The van der Waals surface area contributed by atoms with Crippen LogP contribution in [0.3, 0.4) is 0 Å². The number of hydrogen-bond acceptors (Lipinski definition) is 4. The van der Waals surface area contributed by atoms with Gasteiger partial charge in [-0.25, -0.2) is 4.98 Å². The SMILES string of the molecule is CCOc1ccc2nc(Sc3ccc(Cl)cc3)sc2c1. The third-order valence-electron chi connectivity index (χ3n) is 2.67. The summed E-state index contributed by atoms with van der Waals surface area (Å²) >= 11 is 9.21. The molecule has 0 bridgehead atoms. The van der Waals surface area contributed by atoms with Crippen LogP contribution in [0.2, 0.25) is 5.02 Å². The maximum Gasteiger partial charge on any atom is 0.155 e. The summed E-state index contributed by atoms with van der Waals surface area (Å²) in [4.78, 5) is 5.76. The second kappa shape index (κ2) is 6.04. The van der Waals surface area contributed by atoms with Crippen molar-refractivity contribution >= 4 is 44.9 Å². The Morgan fingerprint density at radius 3 is 2.75 bits per heavy atom. The van der Waals surface area contributed by atoms with Crippen LogP contribution >= 0.6 is 34.7 Å². The van der Waals surface area contributed by atoms with Gasteiger partial charge < -0.3 is 4.74 Å². The molecule has 5 heteroatoms. The highest BCUT2D eigenvalue weighted by Gasteiger charge is 2.07. The second-order valence-corrected chi connectivity index (χ2v) is 6.89. The summed E-state index contributed by atoms with van der Waals surface area (Å²) in [7, 11) is 0. The molecule has 3 rings (SSSR count). The van der Waals surface area contributed by atoms with Crippen LogP contribution in [-0.2, 0) is 0 Å². The van der Waals surface area contributed by atoms with E-state index in [0.29, 0.717) is 6.61 Å². The lowest BCUT2D eigenvalue weighted by atomic mass is 10.3. The van der Waals surface area contributed by atoms with Gasteiger partial charge in [0.2, 0.25) is 0 Å². The second-order valence-electron chi connectivity index (χ2n) is 4.10. The molecule has 0 unspecified atom stereocenters. The molecule has 0 aliphatic carbocycles. The minimum Gasteiger partial charge on any atom is -0.494 e. The first kappa shape index (κ1) is 13.7. The molecule has 0 fully saturated rings. The number of halogens is 1. The van der Waals surface area contributed by atoms with Gasteiger partial charge in [0.15, 0.2) is 4.34 Å². The summed E-state index contributed by atoms with van der Waals surface area (Å²) in [5, 5.41) is 0.750. The summed E-state index contributed by atoms with van der Waals surface area (Å²) in [6.45, 7) is 2.66. The molecule has 0 saturated heterocycles. The van der Waals surface area contributed by atoms with Crippen molar-refractivity contribution in [3.63, 3.8) is 0 Å². The molecule has 2 nitrogen and oxygen atoms in total. The van der Waals surface area contributed by atoms with E-state index in [2.05, 4.69) is 4.98 Å². The lowest BCUT2D eigenvalue weighted by molar-refractivity contribution is 0.341. The van der Waals surface area contributed by atoms with Crippen LogP contribution in [0.5, 0.6) is 5.75 Å². The maximum absolute atomic E-state index is 5.89. The van der Waals surface area contributed by atoms with Crippen LogP contribution in [0.25, 0.3) is 10.2 Å². The number of hydrogen-bond donors (Lipinski definition) is 0. The van der Waals surface area contributed by atoms with E-state index in [1.54, 1.807) is 23.1 Å². The normalized spacial score (nSPS) is 10.9. The van der Waals surface area contributed by atoms with E-state index in [0.717, 1.165) is 30.2 Å². The van der Waals surface area contributed by atoms with Crippen molar-refractivity contribution in [2.45, 2.75) is 16.2 Å². The average molecular weight is 322 g/mol. The van der Waals surface area contributed by atoms with Crippen molar-refractivity contribution in [3.05, 3.63) is 47.5 Å². The first-order valence-corrected chi connectivity index (χ1v) is 8.22. The minimum atomic E-state index is 0.677. The molecule has 20 heavy (non-hydrogen) atoms. The Labute approximate surface area is 130 Å². The quantitative estimate of drug-likeness (QED) is 0.633. The Balaban J connectivity index is 1.86. The van der Waals surface area contributed by atoms with Crippen LogP contribution in [0.1, 0.15) is 6.92 Å². The number of benzene rings is 2. The van der Waals surface area contributed by atoms with E-state index in [1.165, 1.54) is 0 Å². The summed E-state index contributed by atoms with van der Waals surface area (Å²) in [5.74, 6) is 0.895. The van der Waals surface area contributed by atoms with E-state index >= 15 is 0 Å². The van der Waals surface area contributed by atoms with Crippen molar-refractivity contribution in [2.24, 2.45) is 0 Å². The van der Waals surface area contributed by atoms with Gasteiger partial charge in [-0.15, -0.1) is 11.3 Å². The molecule has 3 aromatic rings. The van der Waals surface area contributed by atoms with Crippen molar-refractivity contribution in [3.8, 4) is 5.75 Å². The Morgan fingerprint density at radius 2 is 2.00 bits per heavy atom. The molecule has 0 radical (unpaired) electrons. The number of nitrogens with zero attached hydrogens (tertiary/aromatic N) is 1. The zero-order valence-corrected chi connectivity index (χ0v) is 13.2. The zero-order chi connectivity index (χ0) is 13.9. The Bertz CT molecular complexity index is 724. The van der Waals surface area contributed by atoms with Gasteiger partial charge in [0.05, 0.1) is 16.8 Å². The standard InChI is InChI=1S/C15H12ClNOS2/c1-2-18-11-5-8-13-14(9-11)20-15(17-13)19-12-6-3-10(16)4-7-12/h3-9H,2H2,1H3. The van der Waals surface area contributed by atoms with E-state index in [4.69, 9.17) is 16.3 Å². The van der Waals surface area contributed by atoms with Gasteiger partial charge in [-0.1, -0.05) is 23.4 Å². The van der Waals surface area contributed by atoms with Crippen molar-refractivity contribution < 1.29 is 4.74 Å². The van der Waals surface area contributed by atoms with Crippen molar-refractivity contribution in [1.29, 1.82) is 0 Å². The topological polar surface area (TPSA) is 22.1 Å². The predicted octanol–water partition coefficient (Wildman–Crippen LogP) is 5.50. The number of aromatic nitrogens is 1. The van der Waals surface area contributed by atoms with Crippen LogP contribution in [-0.4, -0.2) is 11.6 Å². The molecule has 0 N–H and O–H groups in total. The van der Waals surface area contributed by atoms with E-state index in [-0.39, 0.29) is 0 Å². The predicted molar refractivity (Wildman–Crippen MR) is 86.4 cm³/mol. The third-order valence-corrected chi connectivity index (χ3v) is 5.01. The van der Waals surface area contributed by atoms with Crippen LogP contribution in [0.4, 0.5) is 0 Å². The Hall–Kier alpha value is -1.23. The molecule has 0 spiro atoms. The molecule has 0 saturated carbocycles. The highest BCUT2D eigenvalue weighted by molar-refractivity contribution is 8.01. The van der Waals surface area contributed by atoms with Crippen LogP contribution < -0.4 is 4.74 Å². The molecular weight excluding hydrogens is 310 g/mol. The fraction of sp³-hybridized carbons (Fsp3) is 0.133. The zero-order valence-electron chi connectivity index (χ0n) is 10.8. The van der Waals surface area contributed by atoms with E-state index < -0.39 is 0 Å². The third kappa shape index (κ3) is 3.08. The molecule has 2 aromatic carbocycles. The number of ether oxygens (including phenoxy) is 1. The van der Waals surface area contributed by atoms with Gasteiger partial charge in [-0.2, -0.15) is 0 Å². The fourth-order valence-electron chi connectivity index (χ4n) is 1.79. The number of rotatable bonds is 4. The molecule has 0 aliphatic rings. The first-order chi connectivity index (χ1) is 9.74.